The van der Waals surface area contributed by atoms with Crippen molar-refractivity contribution in [3.8, 4) is 6.19 Å². The molecule has 86 valence electrons. The van der Waals surface area contributed by atoms with Crippen LogP contribution in [-0.2, 0) is 4.79 Å². The number of amides is 1. The summed E-state index contributed by atoms with van der Waals surface area (Å²) in [6.45, 7) is 0.967. The van der Waals surface area contributed by atoms with Crippen molar-refractivity contribution < 1.29 is 4.79 Å². The fourth-order valence-electron chi connectivity index (χ4n) is 1.45. The third kappa shape index (κ3) is 3.69. The van der Waals surface area contributed by atoms with Gasteiger partial charge < -0.3 is 9.80 Å². The molecule has 1 aliphatic rings. The number of carbonyl (C=O) groups excluding carboxylic acids is 1. The number of aliphatic imine (C=N–C) groups is 2. The number of hydrogen-bond donors (Lipinski definition) is 0. The molecule has 1 saturated heterocycles. The molecule has 1 amide bonds. The van der Waals surface area contributed by atoms with Crippen molar-refractivity contribution in [2.45, 2.75) is 12.8 Å². The Kier molecular flexibility index (Phi) is 4.45. The van der Waals surface area contributed by atoms with Crippen molar-refractivity contribution in [3.05, 3.63) is 0 Å². The first-order chi connectivity index (χ1) is 7.63. The van der Waals surface area contributed by atoms with E-state index in [4.69, 9.17) is 5.26 Å². The van der Waals surface area contributed by atoms with Gasteiger partial charge in [-0.1, -0.05) is 0 Å². The van der Waals surface area contributed by atoms with Crippen molar-refractivity contribution in [2.75, 3.05) is 27.2 Å². The number of nitrogens with zero attached hydrogens (tertiary/aromatic N) is 5. The summed E-state index contributed by atoms with van der Waals surface area (Å²) in [5.74, 6) is 0.470. The first kappa shape index (κ1) is 12.2. The van der Waals surface area contributed by atoms with Gasteiger partial charge in [-0.3, -0.25) is 4.79 Å². The summed E-state index contributed by atoms with van der Waals surface area (Å²) in [4.78, 5) is 22.4. The Labute approximate surface area is 94.9 Å². The van der Waals surface area contributed by atoms with Crippen LogP contribution in [0.1, 0.15) is 12.8 Å². The Morgan fingerprint density at radius 3 is 3.06 bits per heavy atom. The zero-order valence-electron chi connectivity index (χ0n) is 9.55. The fourth-order valence-corrected chi connectivity index (χ4v) is 1.45. The van der Waals surface area contributed by atoms with E-state index in [1.807, 2.05) is 0 Å². The third-order valence-corrected chi connectivity index (χ3v) is 2.13. The van der Waals surface area contributed by atoms with Crippen LogP contribution in [0.2, 0.25) is 0 Å². The van der Waals surface area contributed by atoms with E-state index < -0.39 is 0 Å². The highest BCUT2D eigenvalue weighted by atomic mass is 16.1. The zero-order chi connectivity index (χ0) is 12.0. The number of hydrogen-bond acceptors (Lipinski definition) is 3. The van der Waals surface area contributed by atoms with Crippen LogP contribution in [0.25, 0.3) is 0 Å². The summed E-state index contributed by atoms with van der Waals surface area (Å²) in [5.41, 5.74) is 0. The molecule has 6 nitrogen and oxygen atoms in total. The van der Waals surface area contributed by atoms with Crippen LogP contribution in [0, 0.1) is 11.5 Å². The van der Waals surface area contributed by atoms with E-state index in [0.717, 1.165) is 19.4 Å². The summed E-state index contributed by atoms with van der Waals surface area (Å²) in [7, 11) is 3.60. The van der Waals surface area contributed by atoms with E-state index in [1.54, 1.807) is 30.1 Å². The highest BCUT2D eigenvalue weighted by molar-refractivity contribution is 5.92. The first-order valence-corrected chi connectivity index (χ1v) is 5.07. The van der Waals surface area contributed by atoms with Gasteiger partial charge in [0.1, 0.15) is 12.4 Å². The van der Waals surface area contributed by atoms with E-state index in [9.17, 15) is 4.79 Å². The standard InChI is InChI=1S/C10H15N5O/c1-14(2)8-13-10(16)6-15-5-3-4-9(15)12-7-11/h8H,3-6H2,1-2H3. The second-order valence-electron chi connectivity index (χ2n) is 3.76. The minimum atomic E-state index is -0.221. The lowest BCUT2D eigenvalue weighted by atomic mass is 10.4. The lowest BCUT2D eigenvalue weighted by Gasteiger charge is -2.15. The van der Waals surface area contributed by atoms with Gasteiger partial charge in [0.15, 0.2) is 0 Å². The van der Waals surface area contributed by atoms with E-state index in [0.29, 0.717) is 5.84 Å². The van der Waals surface area contributed by atoms with Gasteiger partial charge in [0, 0.05) is 27.1 Å². The molecule has 0 bridgehead atoms. The van der Waals surface area contributed by atoms with Crippen LogP contribution in [-0.4, -0.2) is 55.1 Å². The van der Waals surface area contributed by atoms with E-state index >= 15 is 0 Å². The second kappa shape index (κ2) is 5.85. The summed E-state index contributed by atoms with van der Waals surface area (Å²) in [5, 5.41) is 8.47. The molecule has 1 rings (SSSR count). The summed E-state index contributed by atoms with van der Waals surface area (Å²) >= 11 is 0. The van der Waals surface area contributed by atoms with Crippen molar-refractivity contribution in [1.82, 2.24) is 9.80 Å². The Morgan fingerprint density at radius 2 is 2.44 bits per heavy atom. The van der Waals surface area contributed by atoms with Gasteiger partial charge in [-0.25, -0.2) is 4.99 Å². The average molecular weight is 221 g/mol. The molecular formula is C10H15N5O. The molecular weight excluding hydrogens is 206 g/mol. The molecule has 1 fully saturated rings. The Morgan fingerprint density at radius 1 is 1.69 bits per heavy atom. The van der Waals surface area contributed by atoms with Gasteiger partial charge in [-0.05, 0) is 6.42 Å². The topological polar surface area (TPSA) is 72.1 Å². The van der Waals surface area contributed by atoms with Gasteiger partial charge >= 0.3 is 0 Å². The Balaban J connectivity index is 2.51. The summed E-state index contributed by atoms with van der Waals surface area (Å²) in [6.07, 6.45) is 4.92. The number of rotatable bonds is 3. The first-order valence-electron chi connectivity index (χ1n) is 5.07. The highest BCUT2D eigenvalue weighted by Crippen LogP contribution is 2.11. The third-order valence-electron chi connectivity index (χ3n) is 2.13. The summed E-state index contributed by atoms with van der Waals surface area (Å²) < 4.78 is 0. The molecule has 1 heterocycles. The number of likely N-dealkylation sites (tertiary alicyclic amines) is 1. The molecule has 0 unspecified atom stereocenters. The normalized spacial score (nSPS) is 18.1. The molecule has 1 aliphatic heterocycles. The maximum absolute atomic E-state index is 11.4. The van der Waals surface area contributed by atoms with E-state index in [-0.39, 0.29) is 12.5 Å². The second-order valence-corrected chi connectivity index (χ2v) is 3.76. The summed E-state index contributed by atoms with van der Waals surface area (Å²) in [6, 6.07) is 0. The minimum absolute atomic E-state index is 0.199. The predicted molar refractivity (Wildman–Crippen MR) is 61.0 cm³/mol. The smallest absolute Gasteiger partial charge is 0.266 e. The largest absolute Gasteiger partial charge is 0.369 e. The number of carbonyl (C=O) groups is 1. The van der Waals surface area contributed by atoms with Crippen LogP contribution in [0.15, 0.2) is 9.98 Å². The number of nitriles is 1. The maximum atomic E-state index is 11.4. The molecule has 0 aliphatic carbocycles. The van der Waals surface area contributed by atoms with Gasteiger partial charge in [-0.15, -0.1) is 0 Å². The van der Waals surface area contributed by atoms with Gasteiger partial charge in [-0.2, -0.15) is 10.3 Å². The maximum Gasteiger partial charge on any atom is 0.266 e. The van der Waals surface area contributed by atoms with Crippen LogP contribution in [0.5, 0.6) is 0 Å². The zero-order valence-corrected chi connectivity index (χ0v) is 9.55. The van der Waals surface area contributed by atoms with Crippen LogP contribution in [0.3, 0.4) is 0 Å². The molecule has 0 aromatic heterocycles. The molecule has 16 heavy (non-hydrogen) atoms. The predicted octanol–water partition coefficient (Wildman–Crippen LogP) is 0.0783. The average Bonchev–Trinajstić information content (AvgIpc) is 2.63. The van der Waals surface area contributed by atoms with E-state index in [2.05, 4.69) is 9.98 Å². The van der Waals surface area contributed by atoms with Gasteiger partial charge in [0.25, 0.3) is 5.91 Å². The quantitative estimate of drug-likeness (QED) is 0.384. The SMILES string of the molecule is CN(C)C=NC(=O)CN1CCCC1=NC#N. The monoisotopic (exact) mass is 221 g/mol. The molecule has 0 spiro atoms. The van der Waals surface area contributed by atoms with Crippen molar-refractivity contribution in [2.24, 2.45) is 9.98 Å². The lowest BCUT2D eigenvalue weighted by Crippen LogP contribution is -2.30. The molecule has 0 aromatic rings. The van der Waals surface area contributed by atoms with E-state index in [1.165, 1.54) is 6.34 Å². The number of amidine groups is 1. The Bertz CT molecular complexity index is 353. The Hall–Kier alpha value is -1.90. The van der Waals surface area contributed by atoms with Crippen LogP contribution in [0.4, 0.5) is 0 Å². The van der Waals surface area contributed by atoms with Crippen LogP contribution < -0.4 is 0 Å². The van der Waals surface area contributed by atoms with Crippen molar-refractivity contribution in [3.63, 3.8) is 0 Å². The van der Waals surface area contributed by atoms with Crippen molar-refractivity contribution in [1.29, 1.82) is 5.26 Å². The van der Waals surface area contributed by atoms with Crippen molar-refractivity contribution >= 4 is 18.1 Å². The molecule has 0 radical (unpaired) electrons. The fraction of sp³-hybridized carbons (Fsp3) is 0.600. The van der Waals surface area contributed by atoms with Crippen LogP contribution >= 0.6 is 0 Å². The minimum Gasteiger partial charge on any atom is -0.369 e. The van der Waals surface area contributed by atoms with Gasteiger partial charge in [0.2, 0.25) is 6.19 Å². The molecule has 0 N–H and O–H groups in total. The molecule has 6 heteroatoms. The molecule has 0 aromatic carbocycles. The molecule has 0 saturated carbocycles. The molecule has 0 atom stereocenters. The highest BCUT2D eigenvalue weighted by Gasteiger charge is 2.20. The van der Waals surface area contributed by atoms with Gasteiger partial charge in [0.05, 0.1) is 6.34 Å². The lowest BCUT2D eigenvalue weighted by molar-refractivity contribution is -0.118.